The first-order chi connectivity index (χ1) is 14.1. The Kier molecular flexibility index (Phi) is 7.72. The summed E-state index contributed by atoms with van der Waals surface area (Å²) in [6.45, 7) is 5.40. The van der Waals surface area contributed by atoms with Crippen molar-refractivity contribution in [3.05, 3.63) is 53.6 Å². The van der Waals surface area contributed by atoms with Crippen LogP contribution in [0.5, 0.6) is 11.5 Å². The third kappa shape index (κ3) is 5.44. The van der Waals surface area contributed by atoms with Crippen LogP contribution in [0.15, 0.2) is 42.5 Å². The molecule has 0 spiro atoms. The molecule has 0 aliphatic rings. The van der Waals surface area contributed by atoms with Gasteiger partial charge in [0.05, 0.1) is 32.2 Å². The fourth-order valence-corrected chi connectivity index (χ4v) is 4.45. The summed E-state index contributed by atoms with van der Waals surface area (Å²) < 4.78 is 36.7. The molecule has 0 heterocycles. The standard InChI is InChI=1S/C22H30N2O5S/c1-7-17-8-10-18(11-9-17)24(30(6,26)27)16(3)22(25)23-15(2)20-14-19(28-4)12-13-21(20)29-5/h8-16H,7H2,1-6H3,(H,23,25). The zero-order valence-electron chi connectivity index (χ0n) is 18.3. The van der Waals surface area contributed by atoms with E-state index in [1.54, 1.807) is 51.5 Å². The van der Waals surface area contributed by atoms with Gasteiger partial charge in [-0.3, -0.25) is 9.10 Å². The van der Waals surface area contributed by atoms with Crippen LogP contribution in [0.3, 0.4) is 0 Å². The molecule has 2 atom stereocenters. The number of amides is 1. The molecule has 0 fully saturated rings. The number of hydrogen-bond donors (Lipinski definition) is 1. The highest BCUT2D eigenvalue weighted by molar-refractivity contribution is 7.92. The minimum absolute atomic E-state index is 0.419. The number of nitrogens with one attached hydrogen (secondary N) is 1. The quantitative estimate of drug-likeness (QED) is 0.655. The first kappa shape index (κ1) is 23.5. The Morgan fingerprint density at radius 3 is 2.20 bits per heavy atom. The van der Waals surface area contributed by atoms with Crippen LogP contribution < -0.4 is 19.1 Å². The van der Waals surface area contributed by atoms with E-state index in [9.17, 15) is 13.2 Å². The normalized spacial score (nSPS) is 13.3. The van der Waals surface area contributed by atoms with Gasteiger partial charge in [0, 0.05) is 5.56 Å². The predicted octanol–water partition coefficient (Wildman–Crippen LogP) is 3.30. The third-order valence-electron chi connectivity index (χ3n) is 4.95. The van der Waals surface area contributed by atoms with Gasteiger partial charge in [-0.25, -0.2) is 8.42 Å². The molecule has 0 aliphatic carbocycles. The topological polar surface area (TPSA) is 84.9 Å². The smallest absolute Gasteiger partial charge is 0.244 e. The minimum Gasteiger partial charge on any atom is -0.497 e. The number of benzene rings is 2. The van der Waals surface area contributed by atoms with Crippen LogP contribution in [0, 0.1) is 0 Å². The fraction of sp³-hybridized carbons (Fsp3) is 0.409. The molecule has 0 aromatic heterocycles. The number of nitrogens with zero attached hydrogens (tertiary/aromatic N) is 1. The number of carbonyl (C=O) groups is 1. The van der Waals surface area contributed by atoms with E-state index in [2.05, 4.69) is 5.32 Å². The number of aryl methyl sites for hydroxylation is 1. The van der Waals surface area contributed by atoms with E-state index in [1.807, 2.05) is 26.0 Å². The van der Waals surface area contributed by atoms with Crippen LogP contribution in [-0.4, -0.2) is 40.8 Å². The lowest BCUT2D eigenvalue weighted by Crippen LogP contribution is -2.48. The number of carbonyl (C=O) groups excluding carboxylic acids is 1. The first-order valence-corrected chi connectivity index (χ1v) is 11.6. The molecule has 164 valence electrons. The first-order valence-electron chi connectivity index (χ1n) is 9.73. The molecular weight excluding hydrogens is 404 g/mol. The van der Waals surface area contributed by atoms with Gasteiger partial charge in [0.25, 0.3) is 0 Å². The molecule has 0 saturated heterocycles. The highest BCUT2D eigenvalue weighted by Gasteiger charge is 2.30. The lowest BCUT2D eigenvalue weighted by atomic mass is 10.1. The average molecular weight is 435 g/mol. The molecule has 2 unspecified atom stereocenters. The molecule has 0 radical (unpaired) electrons. The number of methoxy groups -OCH3 is 2. The largest absolute Gasteiger partial charge is 0.497 e. The lowest BCUT2D eigenvalue weighted by Gasteiger charge is -2.29. The van der Waals surface area contributed by atoms with E-state index in [4.69, 9.17) is 9.47 Å². The Morgan fingerprint density at radius 1 is 1.07 bits per heavy atom. The van der Waals surface area contributed by atoms with Crippen molar-refractivity contribution in [1.29, 1.82) is 0 Å². The van der Waals surface area contributed by atoms with Crippen LogP contribution in [0.25, 0.3) is 0 Å². The maximum absolute atomic E-state index is 13.0. The zero-order chi connectivity index (χ0) is 22.5. The summed E-state index contributed by atoms with van der Waals surface area (Å²) in [6.07, 6.45) is 1.94. The van der Waals surface area contributed by atoms with Gasteiger partial charge >= 0.3 is 0 Å². The van der Waals surface area contributed by atoms with Crippen molar-refractivity contribution >= 4 is 21.6 Å². The third-order valence-corrected chi connectivity index (χ3v) is 6.19. The van der Waals surface area contributed by atoms with Crippen LogP contribution >= 0.6 is 0 Å². The molecule has 0 aliphatic heterocycles. The molecule has 30 heavy (non-hydrogen) atoms. The SMILES string of the molecule is CCc1ccc(N(C(C)C(=O)NC(C)c2cc(OC)ccc2OC)S(C)(=O)=O)cc1. The highest BCUT2D eigenvalue weighted by atomic mass is 32.2. The molecule has 0 bridgehead atoms. The summed E-state index contributed by atoms with van der Waals surface area (Å²) in [5.41, 5.74) is 2.27. The van der Waals surface area contributed by atoms with Gasteiger partial charge in [-0.1, -0.05) is 19.1 Å². The van der Waals surface area contributed by atoms with Crippen molar-refractivity contribution in [1.82, 2.24) is 5.32 Å². The Balaban J connectivity index is 2.29. The van der Waals surface area contributed by atoms with E-state index in [0.717, 1.165) is 28.1 Å². The Hall–Kier alpha value is -2.74. The maximum atomic E-state index is 13.0. The number of sulfonamides is 1. The van der Waals surface area contributed by atoms with Gasteiger partial charge in [0.2, 0.25) is 15.9 Å². The van der Waals surface area contributed by atoms with Crippen LogP contribution in [0.2, 0.25) is 0 Å². The maximum Gasteiger partial charge on any atom is 0.244 e. The molecule has 2 aromatic carbocycles. The molecule has 0 saturated carbocycles. The summed E-state index contributed by atoms with van der Waals surface area (Å²) >= 11 is 0. The minimum atomic E-state index is -3.68. The van der Waals surface area contributed by atoms with Crippen molar-refractivity contribution in [2.75, 3.05) is 24.8 Å². The fourth-order valence-electron chi connectivity index (χ4n) is 3.28. The Bertz CT molecular complexity index is 974. The molecule has 1 amide bonds. The van der Waals surface area contributed by atoms with Crippen LogP contribution in [0.1, 0.15) is 37.9 Å². The Labute approximate surface area is 179 Å². The summed E-state index contributed by atoms with van der Waals surface area (Å²) in [4.78, 5) is 13.0. The van der Waals surface area contributed by atoms with Gasteiger partial charge in [-0.05, 0) is 56.2 Å². The van der Waals surface area contributed by atoms with Crippen molar-refractivity contribution in [3.63, 3.8) is 0 Å². The predicted molar refractivity (Wildman–Crippen MR) is 119 cm³/mol. The van der Waals surface area contributed by atoms with E-state index in [1.165, 1.54) is 0 Å². The molecule has 2 rings (SSSR count). The van der Waals surface area contributed by atoms with Crippen LogP contribution in [0.4, 0.5) is 5.69 Å². The van der Waals surface area contributed by atoms with E-state index in [-0.39, 0.29) is 0 Å². The summed E-state index contributed by atoms with van der Waals surface area (Å²) in [7, 11) is -0.568. The second-order valence-corrected chi connectivity index (χ2v) is 8.95. The second-order valence-electron chi connectivity index (χ2n) is 7.09. The number of rotatable bonds is 9. The van der Waals surface area contributed by atoms with E-state index >= 15 is 0 Å². The van der Waals surface area contributed by atoms with Crippen molar-refractivity contribution in [2.45, 2.75) is 39.3 Å². The molecule has 8 heteroatoms. The zero-order valence-corrected chi connectivity index (χ0v) is 19.1. The van der Waals surface area contributed by atoms with Gasteiger partial charge in [0.1, 0.15) is 17.5 Å². The molecule has 2 aromatic rings. The average Bonchev–Trinajstić information content (AvgIpc) is 2.72. The molecule has 7 nitrogen and oxygen atoms in total. The van der Waals surface area contributed by atoms with E-state index < -0.39 is 28.0 Å². The molecular formula is C22H30N2O5S. The molecule has 1 N–H and O–H groups in total. The van der Waals surface area contributed by atoms with Gasteiger partial charge < -0.3 is 14.8 Å². The van der Waals surface area contributed by atoms with Gasteiger partial charge in [-0.2, -0.15) is 0 Å². The lowest BCUT2D eigenvalue weighted by molar-refractivity contribution is -0.122. The number of ether oxygens (including phenoxy) is 2. The summed E-state index contributed by atoms with van der Waals surface area (Å²) in [6, 6.07) is 11.1. The van der Waals surface area contributed by atoms with E-state index in [0.29, 0.717) is 17.2 Å². The summed E-state index contributed by atoms with van der Waals surface area (Å²) in [5.74, 6) is 0.817. The highest BCUT2D eigenvalue weighted by Crippen LogP contribution is 2.29. The summed E-state index contributed by atoms with van der Waals surface area (Å²) in [5, 5.41) is 2.89. The number of hydrogen-bond acceptors (Lipinski definition) is 5. The van der Waals surface area contributed by atoms with Gasteiger partial charge in [0.15, 0.2) is 0 Å². The van der Waals surface area contributed by atoms with Crippen molar-refractivity contribution in [3.8, 4) is 11.5 Å². The number of anilines is 1. The van der Waals surface area contributed by atoms with Crippen LogP contribution in [-0.2, 0) is 21.2 Å². The second kappa shape index (κ2) is 9.84. The Morgan fingerprint density at radius 2 is 1.70 bits per heavy atom. The van der Waals surface area contributed by atoms with Crippen molar-refractivity contribution < 1.29 is 22.7 Å². The van der Waals surface area contributed by atoms with Gasteiger partial charge in [-0.15, -0.1) is 0 Å². The van der Waals surface area contributed by atoms with Crippen molar-refractivity contribution in [2.24, 2.45) is 0 Å². The monoisotopic (exact) mass is 434 g/mol.